The van der Waals surface area contributed by atoms with Gasteiger partial charge in [0.05, 0.1) is 0 Å². The van der Waals surface area contributed by atoms with Gasteiger partial charge in [0, 0.05) is 11.8 Å². The lowest BCUT2D eigenvalue weighted by Crippen LogP contribution is -2.04. The molecule has 0 N–H and O–H groups in total. The van der Waals surface area contributed by atoms with Crippen LogP contribution in [0.4, 0.5) is 0 Å². The second-order valence-electron chi connectivity index (χ2n) is 5.59. The van der Waals surface area contributed by atoms with Crippen LogP contribution in [-0.4, -0.2) is 5.88 Å². The molecule has 2 aromatic rings. The van der Waals surface area contributed by atoms with E-state index in [0.29, 0.717) is 17.8 Å². The first kappa shape index (κ1) is 12.7. The summed E-state index contributed by atoms with van der Waals surface area (Å²) in [4.78, 5) is 0. The molecule has 1 saturated carbocycles. The minimum Gasteiger partial charge on any atom is -0.126 e. The van der Waals surface area contributed by atoms with E-state index in [-0.39, 0.29) is 0 Å². The Balaban J connectivity index is 1.77. The largest absolute Gasteiger partial charge is 0.126 e. The first-order chi connectivity index (χ1) is 9.29. The fourth-order valence-electron chi connectivity index (χ4n) is 3.01. The maximum Gasteiger partial charge on any atom is 0.0295 e. The molecule has 1 aliphatic carbocycles. The van der Waals surface area contributed by atoms with Gasteiger partial charge in [-0.25, -0.2) is 0 Å². The van der Waals surface area contributed by atoms with Crippen LogP contribution in [0.1, 0.15) is 34.9 Å². The number of benzene rings is 2. The van der Waals surface area contributed by atoms with Crippen LogP contribution in [-0.2, 0) is 0 Å². The molecule has 1 aliphatic rings. The van der Waals surface area contributed by atoms with Crippen LogP contribution in [0, 0.1) is 12.8 Å². The van der Waals surface area contributed by atoms with Gasteiger partial charge in [-0.2, -0.15) is 0 Å². The van der Waals surface area contributed by atoms with E-state index < -0.39 is 0 Å². The topological polar surface area (TPSA) is 0 Å². The van der Waals surface area contributed by atoms with E-state index >= 15 is 0 Å². The highest BCUT2D eigenvalue weighted by Crippen LogP contribution is 2.55. The lowest BCUT2D eigenvalue weighted by Gasteiger charge is -2.14. The van der Waals surface area contributed by atoms with Gasteiger partial charge < -0.3 is 0 Å². The van der Waals surface area contributed by atoms with E-state index in [9.17, 15) is 0 Å². The standard InChI is InChI=1S/C18H19Cl/c1-13-7-9-15(10-8-13)18(12-19)17-11-16(17)14-5-3-2-4-6-14/h2-10,16-18H,11-12H2,1H3. The van der Waals surface area contributed by atoms with Gasteiger partial charge in [0.25, 0.3) is 0 Å². The summed E-state index contributed by atoms with van der Waals surface area (Å²) >= 11 is 6.23. The highest BCUT2D eigenvalue weighted by Gasteiger charge is 2.43. The van der Waals surface area contributed by atoms with Crippen LogP contribution in [0.3, 0.4) is 0 Å². The van der Waals surface area contributed by atoms with Gasteiger partial charge in [0.1, 0.15) is 0 Å². The molecule has 98 valence electrons. The Bertz CT molecular complexity index is 529. The van der Waals surface area contributed by atoms with E-state index in [4.69, 9.17) is 11.6 Å². The summed E-state index contributed by atoms with van der Waals surface area (Å²) < 4.78 is 0. The summed E-state index contributed by atoms with van der Waals surface area (Å²) in [5.41, 5.74) is 4.17. The Labute approximate surface area is 120 Å². The molecule has 0 radical (unpaired) electrons. The average Bonchev–Trinajstić information content (AvgIpc) is 3.23. The smallest absolute Gasteiger partial charge is 0.0295 e. The highest BCUT2D eigenvalue weighted by molar-refractivity contribution is 6.18. The number of hydrogen-bond donors (Lipinski definition) is 0. The highest BCUT2D eigenvalue weighted by atomic mass is 35.5. The number of hydrogen-bond acceptors (Lipinski definition) is 0. The molecule has 0 nitrogen and oxygen atoms in total. The normalized spacial score (nSPS) is 23.1. The van der Waals surface area contributed by atoms with Crippen molar-refractivity contribution in [2.75, 3.05) is 5.88 Å². The second kappa shape index (κ2) is 5.38. The van der Waals surface area contributed by atoms with Crippen molar-refractivity contribution in [1.82, 2.24) is 0 Å². The van der Waals surface area contributed by atoms with Crippen molar-refractivity contribution in [1.29, 1.82) is 0 Å². The molecule has 3 unspecified atom stereocenters. The number of aryl methyl sites for hydroxylation is 1. The molecule has 1 fully saturated rings. The lowest BCUT2D eigenvalue weighted by molar-refractivity contribution is 0.649. The van der Waals surface area contributed by atoms with E-state index in [1.54, 1.807) is 0 Å². The molecule has 0 amide bonds. The van der Waals surface area contributed by atoms with Gasteiger partial charge in [-0.3, -0.25) is 0 Å². The van der Waals surface area contributed by atoms with Crippen LogP contribution < -0.4 is 0 Å². The summed E-state index contributed by atoms with van der Waals surface area (Å²) in [5.74, 6) is 2.62. The molecular weight excluding hydrogens is 252 g/mol. The zero-order valence-corrected chi connectivity index (χ0v) is 12.0. The van der Waals surface area contributed by atoms with Crippen molar-refractivity contribution in [2.45, 2.75) is 25.2 Å². The van der Waals surface area contributed by atoms with E-state index in [0.717, 1.165) is 5.88 Å². The molecule has 3 rings (SSSR count). The van der Waals surface area contributed by atoms with Crippen molar-refractivity contribution in [3.05, 3.63) is 71.3 Å². The summed E-state index contributed by atoms with van der Waals surface area (Å²) in [6.07, 6.45) is 1.27. The Hall–Kier alpha value is -1.27. The summed E-state index contributed by atoms with van der Waals surface area (Å²) in [6.45, 7) is 2.13. The molecule has 0 aromatic heterocycles. The Morgan fingerprint density at radius 2 is 1.74 bits per heavy atom. The molecule has 0 aliphatic heterocycles. The van der Waals surface area contributed by atoms with Crippen molar-refractivity contribution >= 4 is 11.6 Å². The van der Waals surface area contributed by atoms with Crippen LogP contribution >= 0.6 is 11.6 Å². The van der Waals surface area contributed by atoms with Crippen LogP contribution in [0.2, 0.25) is 0 Å². The Morgan fingerprint density at radius 3 is 2.37 bits per heavy atom. The quantitative estimate of drug-likeness (QED) is 0.677. The van der Waals surface area contributed by atoms with Crippen molar-refractivity contribution in [3.63, 3.8) is 0 Å². The maximum atomic E-state index is 6.23. The summed E-state index contributed by atoms with van der Waals surface area (Å²) in [5, 5.41) is 0. The minimum atomic E-state index is 0.493. The van der Waals surface area contributed by atoms with Crippen LogP contribution in [0.15, 0.2) is 54.6 Å². The number of halogens is 1. The van der Waals surface area contributed by atoms with E-state index in [2.05, 4.69) is 61.5 Å². The first-order valence-electron chi connectivity index (χ1n) is 6.97. The zero-order chi connectivity index (χ0) is 13.2. The van der Waals surface area contributed by atoms with Crippen LogP contribution in [0.5, 0.6) is 0 Å². The van der Waals surface area contributed by atoms with Gasteiger partial charge in [-0.05, 0) is 36.3 Å². The molecule has 0 heterocycles. The molecule has 0 spiro atoms. The van der Waals surface area contributed by atoms with Crippen LogP contribution in [0.25, 0.3) is 0 Å². The van der Waals surface area contributed by atoms with Gasteiger partial charge in [0.2, 0.25) is 0 Å². The van der Waals surface area contributed by atoms with Gasteiger partial charge >= 0.3 is 0 Å². The summed E-state index contributed by atoms with van der Waals surface area (Å²) in [7, 11) is 0. The van der Waals surface area contributed by atoms with Gasteiger partial charge in [-0.15, -0.1) is 11.6 Å². The van der Waals surface area contributed by atoms with Crippen molar-refractivity contribution in [2.24, 2.45) is 5.92 Å². The fraction of sp³-hybridized carbons (Fsp3) is 0.333. The van der Waals surface area contributed by atoms with Gasteiger partial charge in [-0.1, -0.05) is 60.2 Å². The molecule has 2 aromatic carbocycles. The monoisotopic (exact) mass is 270 g/mol. The van der Waals surface area contributed by atoms with Gasteiger partial charge in [0.15, 0.2) is 0 Å². The molecule has 1 heteroatoms. The number of alkyl halides is 1. The molecule has 0 saturated heterocycles. The SMILES string of the molecule is Cc1ccc(C(CCl)C2CC2c2ccccc2)cc1. The third-order valence-electron chi connectivity index (χ3n) is 4.26. The Morgan fingerprint density at radius 1 is 1.05 bits per heavy atom. The van der Waals surface area contributed by atoms with Crippen molar-refractivity contribution < 1.29 is 0 Å². The molecule has 19 heavy (non-hydrogen) atoms. The predicted octanol–water partition coefficient (Wildman–Crippen LogP) is 5.12. The first-order valence-corrected chi connectivity index (χ1v) is 7.50. The Kier molecular flexibility index (Phi) is 3.61. The lowest BCUT2D eigenvalue weighted by atomic mass is 9.93. The minimum absolute atomic E-state index is 0.493. The number of rotatable bonds is 4. The molecular formula is C18H19Cl. The summed E-state index contributed by atoms with van der Waals surface area (Å²) in [6, 6.07) is 19.7. The fourth-order valence-corrected chi connectivity index (χ4v) is 3.41. The predicted molar refractivity (Wildman–Crippen MR) is 81.9 cm³/mol. The molecule has 3 atom stereocenters. The van der Waals surface area contributed by atoms with E-state index in [1.165, 1.54) is 23.1 Å². The van der Waals surface area contributed by atoms with Crippen molar-refractivity contribution in [3.8, 4) is 0 Å². The average molecular weight is 271 g/mol. The zero-order valence-electron chi connectivity index (χ0n) is 11.2. The van der Waals surface area contributed by atoms with E-state index in [1.807, 2.05) is 0 Å². The third kappa shape index (κ3) is 2.69. The second-order valence-corrected chi connectivity index (χ2v) is 5.90. The maximum absolute atomic E-state index is 6.23. The third-order valence-corrected chi connectivity index (χ3v) is 4.59. The molecule has 0 bridgehead atoms.